The van der Waals surface area contributed by atoms with Crippen molar-refractivity contribution in [1.29, 1.82) is 0 Å². The van der Waals surface area contributed by atoms with Crippen molar-refractivity contribution in [2.24, 2.45) is 0 Å². The Morgan fingerprint density at radius 2 is 2.17 bits per heavy atom. The molecule has 1 unspecified atom stereocenters. The Kier molecular flexibility index (Phi) is 4.66. The summed E-state index contributed by atoms with van der Waals surface area (Å²) in [6.45, 7) is 3.62. The van der Waals surface area contributed by atoms with Gasteiger partial charge in [-0.2, -0.15) is 0 Å². The molecular weight excluding hydrogens is 306 g/mol. The second-order valence-electron chi connectivity index (χ2n) is 6.31. The van der Waals surface area contributed by atoms with Crippen LogP contribution >= 0.6 is 0 Å². The molecule has 1 saturated heterocycles. The van der Waals surface area contributed by atoms with E-state index in [-0.39, 0.29) is 17.1 Å². The van der Waals surface area contributed by atoms with E-state index in [4.69, 9.17) is 4.74 Å². The minimum Gasteiger partial charge on any atom is -0.379 e. The maximum absolute atomic E-state index is 12.2. The summed E-state index contributed by atoms with van der Waals surface area (Å²) in [6, 6.07) is 12.3. The van der Waals surface area contributed by atoms with Gasteiger partial charge < -0.3 is 19.9 Å². The molecule has 0 saturated carbocycles. The Balaban J connectivity index is 1.66. The average molecular weight is 327 g/mol. The van der Waals surface area contributed by atoms with Crippen molar-refractivity contribution in [3.05, 3.63) is 64.6 Å². The van der Waals surface area contributed by atoms with Gasteiger partial charge in [0.25, 0.3) is 5.56 Å². The van der Waals surface area contributed by atoms with Crippen molar-refractivity contribution in [3.63, 3.8) is 0 Å². The molecule has 1 aromatic carbocycles. The van der Waals surface area contributed by atoms with Crippen molar-refractivity contribution in [2.45, 2.75) is 25.4 Å². The second kappa shape index (κ2) is 6.88. The first kappa shape index (κ1) is 16.3. The number of nitrogens with zero attached hydrogens (tertiary/aromatic N) is 1. The van der Waals surface area contributed by atoms with E-state index < -0.39 is 0 Å². The molecule has 2 amide bonds. The quantitative estimate of drug-likeness (QED) is 0.904. The lowest BCUT2D eigenvalue weighted by atomic mass is 10.0. The molecule has 0 bridgehead atoms. The molecule has 1 fully saturated rings. The fourth-order valence-electron chi connectivity index (χ4n) is 2.74. The molecule has 1 atom stereocenters. The van der Waals surface area contributed by atoms with Gasteiger partial charge >= 0.3 is 6.03 Å². The van der Waals surface area contributed by atoms with E-state index in [1.807, 2.05) is 37.3 Å². The highest BCUT2D eigenvalue weighted by atomic mass is 16.5. The highest BCUT2D eigenvalue weighted by Crippen LogP contribution is 2.18. The predicted octanol–water partition coefficient (Wildman–Crippen LogP) is 2.20. The first-order valence-electron chi connectivity index (χ1n) is 7.95. The maximum Gasteiger partial charge on any atom is 0.319 e. The summed E-state index contributed by atoms with van der Waals surface area (Å²) in [5.74, 6) is 0. The average Bonchev–Trinajstić information content (AvgIpc) is 2.96. The van der Waals surface area contributed by atoms with Gasteiger partial charge in [-0.15, -0.1) is 0 Å². The van der Waals surface area contributed by atoms with Crippen molar-refractivity contribution in [3.8, 4) is 0 Å². The van der Waals surface area contributed by atoms with Crippen LogP contribution in [-0.2, 0) is 11.3 Å². The SMILES string of the molecule is CC1(NC(=O)Nc2cccc(Cn3ccccc3=O)c2)CCOC1. The topological polar surface area (TPSA) is 72.4 Å². The standard InChI is InChI=1S/C18H21N3O3/c1-18(8-10-24-13-18)20-17(23)19-15-6-4-5-14(11-15)12-21-9-3-2-7-16(21)22/h2-7,9,11H,8,10,12-13H2,1H3,(H2,19,20,23). The highest BCUT2D eigenvalue weighted by molar-refractivity contribution is 5.89. The Bertz CT molecular complexity index is 779. The number of nitrogens with one attached hydrogen (secondary N) is 2. The molecule has 1 aliphatic heterocycles. The van der Waals surface area contributed by atoms with Crippen LogP contribution in [0, 0.1) is 0 Å². The largest absolute Gasteiger partial charge is 0.379 e. The van der Waals surface area contributed by atoms with Gasteiger partial charge in [0.15, 0.2) is 0 Å². The fourth-order valence-corrected chi connectivity index (χ4v) is 2.74. The number of benzene rings is 1. The number of rotatable bonds is 4. The number of ether oxygens (including phenoxy) is 1. The molecule has 3 rings (SSSR count). The van der Waals surface area contributed by atoms with Gasteiger partial charge in [0.2, 0.25) is 0 Å². The number of urea groups is 1. The molecule has 0 radical (unpaired) electrons. The summed E-state index contributed by atoms with van der Waals surface area (Å²) < 4.78 is 6.95. The van der Waals surface area contributed by atoms with Crippen LogP contribution in [0.1, 0.15) is 18.9 Å². The number of hydrogen-bond acceptors (Lipinski definition) is 3. The summed E-state index contributed by atoms with van der Waals surface area (Å²) in [4.78, 5) is 24.0. The van der Waals surface area contributed by atoms with Crippen LogP contribution in [0.2, 0.25) is 0 Å². The number of anilines is 1. The highest BCUT2D eigenvalue weighted by Gasteiger charge is 2.31. The monoisotopic (exact) mass is 327 g/mol. The Labute approximate surface area is 140 Å². The number of carbonyl (C=O) groups is 1. The Morgan fingerprint density at radius 1 is 1.29 bits per heavy atom. The van der Waals surface area contributed by atoms with E-state index in [0.29, 0.717) is 25.4 Å². The van der Waals surface area contributed by atoms with E-state index in [1.165, 1.54) is 6.07 Å². The minimum absolute atomic E-state index is 0.0530. The van der Waals surface area contributed by atoms with Crippen LogP contribution < -0.4 is 16.2 Å². The molecule has 0 aliphatic carbocycles. The summed E-state index contributed by atoms with van der Waals surface area (Å²) in [7, 11) is 0. The Hall–Kier alpha value is -2.60. The summed E-state index contributed by atoms with van der Waals surface area (Å²) in [5, 5.41) is 5.79. The van der Waals surface area contributed by atoms with Gasteiger partial charge in [-0.25, -0.2) is 4.79 Å². The van der Waals surface area contributed by atoms with Crippen LogP contribution in [0.4, 0.5) is 10.5 Å². The van der Waals surface area contributed by atoms with Crippen molar-refractivity contribution in [2.75, 3.05) is 18.5 Å². The molecule has 0 spiro atoms. The third-order valence-electron chi connectivity index (χ3n) is 4.07. The van der Waals surface area contributed by atoms with E-state index in [9.17, 15) is 9.59 Å². The smallest absolute Gasteiger partial charge is 0.319 e. The number of hydrogen-bond donors (Lipinski definition) is 2. The third kappa shape index (κ3) is 4.02. The first-order chi connectivity index (χ1) is 11.5. The summed E-state index contributed by atoms with van der Waals surface area (Å²) in [6.07, 6.45) is 2.55. The minimum atomic E-state index is -0.320. The zero-order valence-corrected chi connectivity index (χ0v) is 13.6. The normalized spacial score (nSPS) is 19.9. The van der Waals surface area contributed by atoms with Crippen molar-refractivity contribution in [1.82, 2.24) is 9.88 Å². The molecule has 6 heteroatoms. The molecular formula is C18H21N3O3. The number of aromatic nitrogens is 1. The third-order valence-corrected chi connectivity index (χ3v) is 4.07. The van der Waals surface area contributed by atoms with E-state index in [0.717, 1.165) is 12.0 Å². The predicted molar refractivity (Wildman–Crippen MR) is 92.2 cm³/mol. The van der Waals surface area contributed by atoms with Gasteiger partial charge in [-0.05, 0) is 37.1 Å². The maximum atomic E-state index is 12.2. The molecule has 1 aliphatic rings. The molecule has 2 heterocycles. The van der Waals surface area contributed by atoms with Crippen LogP contribution in [0.3, 0.4) is 0 Å². The molecule has 24 heavy (non-hydrogen) atoms. The zero-order chi connectivity index (χ0) is 17.0. The van der Waals surface area contributed by atoms with E-state index in [1.54, 1.807) is 16.8 Å². The lowest BCUT2D eigenvalue weighted by Crippen LogP contribution is -2.48. The number of pyridine rings is 1. The molecule has 1 aromatic heterocycles. The molecule has 126 valence electrons. The number of amides is 2. The van der Waals surface area contributed by atoms with Crippen molar-refractivity contribution >= 4 is 11.7 Å². The zero-order valence-electron chi connectivity index (χ0n) is 13.6. The Morgan fingerprint density at radius 3 is 2.92 bits per heavy atom. The van der Waals surface area contributed by atoms with Crippen LogP contribution in [0.15, 0.2) is 53.5 Å². The fraction of sp³-hybridized carbons (Fsp3) is 0.333. The van der Waals surface area contributed by atoms with Gasteiger partial charge in [0.05, 0.1) is 18.7 Å². The van der Waals surface area contributed by atoms with Gasteiger partial charge in [-0.3, -0.25) is 4.79 Å². The molecule has 2 N–H and O–H groups in total. The lowest BCUT2D eigenvalue weighted by molar-refractivity contribution is 0.172. The lowest BCUT2D eigenvalue weighted by Gasteiger charge is -2.23. The second-order valence-corrected chi connectivity index (χ2v) is 6.31. The van der Waals surface area contributed by atoms with Gasteiger partial charge in [-0.1, -0.05) is 18.2 Å². The van der Waals surface area contributed by atoms with E-state index in [2.05, 4.69) is 10.6 Å². The van der Waals surface area contributed by atoms with Crippen LogP contribution in [0.5, 0.6) is 0 Å². The van der Waals surface area contributed by atoms with Gasteiger partial charge in [0, 0.05) is 24.6 Å². The summed E-state index contributed by atoms with van der Waals surface area (Å²) in [5.41, 5.74) is 1.26. The van der Waals surface area contributed by atoms with Crippen molar-refractivity contribution < 1.29 is 9.53 Å². The molecule has 2 aromatic rings. The first-order valence-corrected chi connectivity index (χ1v) is 7.95. The van der Waals surface area contributed by atoms with Crippen LogP contribution in [0.25, 0.3) is 0 Å². The van der Waals surface area contributed by atoms with Crippen LogP contribution in [-0.4, -0.2) is 29.4 Å². The number of carbonyl (C=O) groups excluding carboxylic acids is 1. The van der Waals surface area contributed by atoms with E-state index >= 15 is 0 Å². The summed E-state index contributed by atoms with van der Waals surface area (Å²) >= 11 is 0. The molecule has 6 nitrogen and oxygen atoms in total. The van der Waals surface area contributed by atoms with Gasteiger partial charge in [0.1, 0.15) is 0 Å².